The largest absolute Gasteiger partial charge is 0.506 e. The smallest absolute Gasteiger partial charge is 0.328 e. The van der Waals surface area contributed by atoms with E-state index in [1.165, 1.54) is 16.7 Å². The molecular formula is C21H22ClNO5. The first kappa shape index (κ1) is 21.5. The molecule has 2 aromatic carbocycles. The number of hydrogen-bond donors (Lipinski definition) is 3. The molecule has 28 heavy (non-hydrogen) atoms. The number of benzene rings is 2. The number of nitrogens with zero attached hydrogens (tertiary/aromatic N) is 1. The Morgan fingerprint density at radius 3 is 2.29 bits per heavy atom. The number of phenolic OH excluding ortho intramolecular Hbond substituents is 1. The van der Waals surface area contributed by atoms with Gasteiger partial charge in [-0.2, -0.15) is 0 Å². The summed E-state index contributed by atoms with van der Waals surface area (Å²) in [5.41, 5.74) is 3.72. The van der Waals surface area contributed by atoms with Gasteiger partial charge in [-0.1, -0.05) is 41.9 Å². The van der Waals surface area contributed by atoms with E-state index in [9.17, 15) is 14.7 Å². The van der Waals surface area contributed by atoms with E-state index in [4.69, 9.17) is 21.8 Å². The van der Waals surface area contributed by atoms with Crippen LogP contribution in [0.1, 0.15) is 22.6 Å². The van der Waals surface area contributed by atoms with Crippen LogP contribution in [0, 0.1) is 0 Å². The summed E-state index contributed by atoms with van der Waals surface area (Å²) in [5, 5.41) is 26.0. The van der Waals surface area contributed by atoms with Gasteiger partial charge in [0.1, 0.15) is 5.75 Å². The molecule has 0 saturated heterocycles. The van der Waals surface area contributed by atoms with Gasteiger partial charge in [0.2, 0.25) is 0 Å². The highest BCUT2D eigenvalue weighted by Gasteiger charge is 2.24. The number of aliphatic carboxylic acids is 2. The molecule has 0 radical (unpaired) electrons. The van der Waals surface area contributed by atoms with Crippen LogP contribution in [0.4, 0.5) is 0 Å². The van der Waals surface area contributed by atoms with Crippen LogP contribution in [0.5, 0.6) is 5.75 Å². The molecule has 3 N–H and O–H groups in total. The lowest BCUT2D eigenvalue weighted by Crippen LogP contribution is -2.24. The quantitative estimate of drug-likeness (QED) is 0.679. The standard InChI is InChI=1S/C17H18ClNO.C4H4O4/c1-19-8-7-13-9-16(18)17(20)10-14(13)15(11-19)12-5-3-2-4-6-12;5-3(6)1-2-4(7)8/h2-6,9-10,15,20H,7-8,11H2,1H3;1-2H,(H,5,6)(H,7,8)/t15-;/m0./s1. The molecule has 0 aliphatic carbocycles. The first-order chi connectivity index (χ1) is 13.3. The molecule has 0 saturated carbocycles. The van der Waals surface area contributed by atoms with E-state index in [2.05, 4.69) is 36.2 Å². The van der Waals surface area contributed by atoms with E-state index in [1.807, 2.05) is 18.2 Å². The molecule has 0 aromatic heterocycles. The molecule has 7 heteroatoms. The van der Waals surface area contributed by atoms with Crippen LogP contribution in [0.3, 0.4) is 0 Å². The van der Waals surface area contributed by atoms with E-state index in [-0.39, 0.29) is 11.7 Å². The Hall–Kier alpha value is -2.83. The summed E-state index contributed by atoms with van der Waals surface area (Å²) < 4.78 is 0. The first-order valence-electron chi connectivity index (χ1n) is 8.66. The van der Waals surface area contributed by atoms with Gasteiger partial charge in [-0.3, -0.25) is 0 Å². The molecular weight excluding hydrogens is 382 g/mol. The molecule has 0 bridgehead atoms. The highest BCUT2D eigenvalue weighted by atomic mass is 35.5. The predicted molar refractivity (Wildman–Crippen MR) is 107 cm³/mol. The van der Waals surface area contributed by atoms with Crippen LogP contribution < -0.4 is 0 Å². The van der Waals surface area contributed by atoms with Crippen LogP contribution in [-0.2, 0) is 16.0 Å². The van der Waals surface area contributed by atoms with Crippen molar-refractivity contribution in [2.24, 2.45) is 0 Å². The van der Waals surface area contributed by atoms with Crippen LogP contribution in [0.2, 0.25) is 5.02 Å². The number of carboxylic acid groups (broad SMARTS) is 2. The van der Waals surface area contributed by atoms with Crippen LogP contribution in [-0.4, -0.2) is 52.3 Å². The molecule has 1 heterocycles. The lowest BCUT2D eigenvalue weighted by molar-refractivity contribution is -0.134. The van der Waals surface area contributed by atoms with Gasteiger partial charge in [0.05, 0.1) is 5.02 Å². The van der Waals surface area contributed by atoms with Crippen molar-refractivity contribution in [1.82, 2.24) is 4.90 Å². The molecule has 0 fully saturated rings. The van der Waals surface area contributed by atoms with Crippen LogP contribution in [0.25, 0.3) is 0 Å². The van der Waals surface area contributed by atoms with Crippen molar-refractivity contribution in [3.8, 4) is 5.75 Å². The fourth-order valence-corrected chi connectivity index (χ4v) is 3.27. The average molecular weight is 404 g/mol. The second-order valence-corrected chi connectivity index (χ2v) is 6.89. The highest BCUT2D eigenvalue weighted by molar-refractivity contribution is 6.32. The maximum Gasteiger partial charge on any atom is 0.328 e. The van der Waals surface area contributed by atoms with Gasteiger partial charge in [0.25, 0.3) is 0 Å². The zero-order valence-electron chi connectivity index (χ0n) is 15.4. The number of likely N-dealkylation sites (N-methyl/N-ethyl adjacent to an activating group) is 1. The number of hydrogen-bond acceptors (Lipinski definition) is 4. The Bertz CT molecular complexity index is 851. The third-order valence-electron chi connectivity index (χ3n) is 4.41. The van der Waals surface area contributed by atoms with Crippen molar-refractivity contribution >= 4 is 23.5 Å². The Kier molecular flexibility index (Phi) is 7.61. The molecule has 0 amide bonds. The first-order valence-corrected chi connectivity index (χ1v) is 9.04. The van der Waals surface area contributed by atoms with Gasteiger partial charge < -0.3 is 20.2 Å². The average Bonchev–Trinajstić information content (AvgIpc) is 2.81. The zero-order chi connectivity index (χ0) is 20.7. The second kappa shape index (κ2) is 9.92. The summed E-state index contributed by atoms with van der Waals surface area (Å²) in [6.07, 6.45) is 2.08. The Labute approximate surface area is 168 Å². The number of aromatic hydroxyl groups is 1. The molecule has 2 aromatic rings. The number of rotatable bonds is 3. The lowest BCUT2D eigenvalue weighted by atomic mass is 9.88. The van der Waals surface area contributed by atoms with Gasteiger partial charge in [-0.05, 0) is 42.3 Å². The van der Waals surface area contributed by atoms with E-state index in [1.54, 1.807) is 0 Å². The van der Waals surface area contributed by atoms with E-state index in [0.29, 0.717) is 17.2 Å². The maximum absolute atomic E-state index is 9.95. The summed E-state index contributed by atoms with van der Waals surface area (Å²) in [6.45, 7) is 1.97. The Morgan fingerprint density at radius 2 is 1.71 bits per heavy atom. The summed E-state index contributed by atoms with van der Waals surface area (Å²) >= 11 is 6.07. The van der Waals surface area contributed by atoms with Crippen LogP contribution in [0.15, 0.2) is 54.6 Å². The normalized spacial score (nSPS) is 16.6. The molecule has 1 atom stereocenters. The fraction of sp³-hybridized carbons (Fsp3) is 0.238. The summed E-state index contributed by atoms with van der Waals surface area (Å²) in [6, 6.07) is 14.2. The van der Waals surface area contributed by atoms with Gasteiger partial charge in [0, 0.05) is 31.2 Å². The number of halogens is 1. The second-order valence-electron chi connectivity index (χ2n) is 6.49. The molecule has 3 rings (SSSR count). The number of fused-ring (bicyclic) bond motifs is 1. The van der Waals surface area contributed by atoms with Gasteiger partial charge >= 0.3 is 11.9 Å². The maximum atomic E-state index is 9.95. The zero-order valence-corrected chi connectivity index (χ0v) is 16.1. The number of carboxylic acids is 2. The van der Waals surface area contributed by atoms with Crippen molar-refractivity contribution in [2.45, 2.75) is 12.3 Å². The molecule has 1 aliphatic rings. The fourth-order valence-electron chi connectivity index (χ4n) is 3.09. The van der Waals surface area contributed by atoms with Crippen molar-refractivity contribution < 1.29 is 24.9 Å². The van der Waals surface area contributed by atoms with Gasteiger partial charge in [0.15, 0.2) is 0 Å². The van der Waals surface area contributed by atoms with Crippen molar-refractivity contribution in [3.05, 3.63) is 76.3 Å². The monoisotopic (exact) mass is 403 g/mol. The summed E-state index contributed by atoms with van der Waals surface area (Å²) in [5.74, 6) is -2.06. The molecule has 0 unspecified atom stereocenters. The summed E-state index contributed by atoms with van der Waals surface area (Å²) in [7, 11) is 2.14. The van der Waals surface area contributed by atoms with E-state index < -0.39 is 11.9 Å². The minimum absolute atomic E-state index is 0.177. The third-order valence-corrected chi connectivity index (χ3v) is 4.71. The highest BCUT2D eigenvalue weighted by Crippen LogP contribution is 2.36. The van der Waals surface area contributed by atoms with Crippen molar-refractivity contribution in [1.29, 1.82) is 0 Å². The Morgan fingerprint density at radius 1 is 1.11 bits per heavy atom. The minimum atomic E-state index is -1.26. The number of phenols is 1. The van der Waals surface area contributed by atoms with Crippen molar-refractivity contribution in [2.75, 3.05) is 20.1 Å². The van der Waals surface area contributed by atoms with Crippen LogP contribution >= 0.6 is 11.6 Å². The lowest BCUT2D eigenvalue weighted by Gasteiger charge is -2.22. The van der Waals surface area contributed by atoms with E-state index in [0.717, 1.165) is 19.5 Å². The van der Waals surface area contributed by atoms with E-state index >= 15 is 0 Å². The van der Waals surface area contributed by atoms with Crippen molar-refractivity contribution in [3.63, 3.8) is 0 Å². The van der Waals surface area contributed by atoms with Gasteiger partial charge in [-0.25, -0.2) is 9.59 Å². The molecule has 1 aliphatic heterocycles. The minimum Gasteiger partial charge on any atom is -0.506 e. The summed E-state index contributed by atoms with van der Waals surface area (Å²) in [4.78, 5) is 21.4. The van der Waals surface area contributed by atoms with Gasteiger partial charge in [-0.15, -0.1) is 0 Å². The predicted octanol–water partition coefficient (Wildman–Crippen LogP) is 3.38. The molecule has 6 nitrogen and oxygen atoms in total. The molecule has 148 valence electrons. The SMILES string of the molecule is CN1CCc2cc(Cl)c(O)cc2[C@H](c2ccccc2)C1.O=C(O)C=CC(=O)O. The third kappa shape index (κ3) is 6.11. The topological polar surface area (TPSA) is 98.1 Å². The number of carbonyl (C=O) groups is 2. The Balaban J connectivity index is 0.000000300. The molecule has 0 spiro atoms.